The maximum absolute atomic E-state index is 12.4. The van der Waals surface area contributed by atoms with Crippen molar-refractivity contribution in [1.82, 2.24) is 10.6 Å². The Labute approximate surface area is 188 Å². The third kappa shape index (κ3) is 7.42. The molecule has 0 radical (unpaired) electrons. The van der Waals surface area contributed by atoms with E-state index in [0.717, 1.165) is 0 Å². The lowest BCUT2D eigenvalue weighted by molar-refractivity contribution is -0.384. The number of ether oxygens (including phenoxy) is 1. The van der Waals surface area contributed by atoms with Crippen molar-refractivity contribution in [3.05, 3.63) is 75.8 Å². The number of benzene rings is 2. The van der Waals surface area contributed by atoms with Crippen LogP contribution in [-0.2, 0) is 19.1 Å². The first-order valence-electron chi connectivity index (χ1n) is 9.98. The Morgan fingerprint density at radius 1 is 1.06 bits per heavy atom. The molecule has 2 rings (SSSR count). The molecule has 0 spiro atoms. The molecule has 0 saturated carbocycles. The van der Waals surface area contributed by atoms with Crippen molar-refractivity contribution in [3.8, 4) is 0 Å². The smallest absolute Gasteiger partial charge is 0.326 e. The second-order valence-corrected chi connectivity index (χ2v) is 6.90. The molecule has 174 valence electrons. The molecule has 0 aromatic heterocycles. The summed E-state index contributed by atoms with van der Waals surface area (Å²) in [7, 11) is 0. The molecule has 0 unspecified atom stereocenters. The molecule has 2 aromatic carbocycles. The maximum Gasteiger partial charge on any atom is 0.326 e. The third-order valence-electron chi connectivity index (χ3n) is 4.65. The predicted molar refractivity (Wildman–Crippen MR) is 115 cm³/mol. The number of rotatable bonds is 11. The number of aliphatic carboxylic acids is 1. The average Bonchev–Trinajstić information content (AvgIpc) is 2.80. The normalized spacial score (nSPS) is 12.2. The number of carboxylic acids is 1. The summed E-state index contributed by atoms with van der Waals surface area (Å²) in [5.41, 5.74) is 0.397. The quantitative estimate of drug-likeness (QED) is 0.260. The minimum Gasteiger partial charge on any atom is -0.480 e. The highest BCUT2D eigenvalue weighted by molar-refractivity contribution is 5.97. The molecule has 2 amide bonds. The number of non-ortho nitro benzene ring substituents is 1. The Hall–Kier alpha value is -4.28. The molecule has 11 heteroatoms. The number of nitro groups is 1. The van der Waals surface area contributed by atoms with E-state index >= 15 is 0 Å². The van der Waals surface area contributed by atoms with Crippen LogP contribution in [0.2, 0.25) is 0 Å². The van der Waals surface area contributed by atoms with Gasteiger partial charge in [-0.15, -0.1) is 0 Å². The van der Waals surface area contributed by atoms with Crippen LogP contribution >= 0.6 is 0 Å². The van der Waals surface area contributed by atoms with Crippen molar-refractivity contribution in [2.45, 2.75) is 25.3 Å². The van der Waals surface area contributed by atoms with Gasteiger partial charge >= 0.3 is 11.9 Å². The highest BCUT2D eigenvalue weighted by Gasteiger charge is 2.33. The van der Waals surface area contributed by atoms with Crippen molar-refractivity contribution < 1.29 is 33.9 Å². The zero-order valence-corrected chi connectivity index (χ0v) is 17.7. The molecule has 0 fully saturated rings. The lowest BCUT2D eigenvalue weighted by atomic mass is 9.88. The number of nitrogens with zero attached hydrogens (tertiary/aromatic N) is 1. The molecule has 2 atom stereocenters. The van der Waals surface area contributed by atoms with Gasteiger partial charge < -0.3 is 20.5 Å². The van der Waals surface area contributed by atoms with E-state index < -0.39 is 47.2 Å². The predicted octanol–water partition coefficient (Wildman–Crippen LogP) is 1.63. The Morgan fingerprint density at radius 2 is 1.70 bits per heavy atom. The van der Waals surface area contributed by atoms with Gasteiger partial charge in [0.25, 0.3) is 11.6 Å². The number of carboxylic acid groups (broad SMARTS) is 1. The first-order valence-corrected chi connectivity index (χ1v) is 9.98. The summed E-state index contributed by atoms with van der Waals surface area (Å²) in [4.78, 5) is 58.8. The molecule has 0 aliphatic carbocycles. The summed E-state index contributed by atoms with van der Waals surface area (Å²) < 4.78 is 4.91. The molecule has 0 saturated heterocycles. The average molecular weight is 457 g/mol. The van der Waals surface area contributed by atoms with Crippen molar-refractivity contribution in [2.75, 3.05) is 13.2 Å². The van der Waals surface area contributed by atoms with Crippen LogP contribution in [0.1, 0.15) is 35.2 Å². The number of carbonyl (C=O) groups is 4. The number of esters is 1. The van der Waals surface area contributed by atoms with E-state index in [1.165, 1.54) is 24.3 Å². The second kappa shape index (κ2) is 11.9. The third-order valence-corrected chi connectivity index (χ3v) is 4.65. The van der Waals surface area contributed by atoms with Crippen LogP contribution in [-0.4, -0.2) is 53.0 Å². The van der Waals surface area contributed by atoms with E-state index in [2.05, 4.69) is 10.6 Å². The highest BCUT2D eigenvalue weighted by atomic mass is 16.6. The van der Waals surface area contributed by atoms with Crippen LogP contribution in [0.5, 0.6) is 0 Å². The van der Waals surface area contributed by atoms with Crippen molar-refractivity contribution in [2.24, 2.45) is 0 Å². The zero-order valence-electron chi connectivity index (χ0n) is 17.7. The summed E-state index contributed by atoms with van der Waals surface area (Å²) in [6, 6.07) is 11.6. The summed E-state index contributed by atoms with van der Waals surface area (Å²) in [5.74, 6) is -4.50. The van der Waals surface area contributed by atoms with E-state index in [1.54, 1.807) is 37.3 Å². The van der Waals surface area contributed by atoms with Crippen LogP contribution in [0.4, 0.5) is 5.69 Å². The van der Waals surface area contributed by atoms with Gasteiger partial charge in [-0.2, -0.15) is 0 Å². The molecule has 2 aromatic rings. The summed E-state index contributed by atoms with van der Waals surface area (Å²) >= 11 is 0. The minimum absolute atomic E-state index is 0.0709. The Morgan fingerprint density at radius 3 is 2.24 bits per heavy atom. The number of carbonyl (C=O) groups excluding carboxylic acids is 3. The van der Waals surface area contributed by atoms with Crippen LogP contribution in [0.3, 0.4) is 0 Å². The Bertz CT molecular complexity index is 1010. The molecule has 0 heterocycles. The fourth-order valence-corrected chi connectivity index (χ4v) is 3.08. The van der Waals surface area contributed by atoms with E-state index in [1.807, 2.05) is 0 Å². The van der Waals surface area contributed by atoms with Crippen molar-refractivity contribution in [3.63, 3.8) is 0 Å². The summed E-state index contributed by atoms with van der Waals surface area (Å²) in [5, 5.41) is 25.3. The highest BCUT2D eigenvalue weighted by Crippen LogP contribution is 2.27. The zero-order chi connectivity index (χ0) is 24.4. The van der Waals surface area contributed by atoms with E-state index in [0.29, 0.717) is 5.56 Å². The molecule has 0 bridgehead atoms. The summed E-state index contributed by atoms with van der Waals surface area (Å²) in [6.07, 6.45) is -0.390. The van der Waals surface area contributed by atoms with Gasteiger partial charge in [-0.05, 0) is 24.6 Å². The molecule has 0 aliphatic rings. The molecular formula is C22H23N3O8. The SMILES string of the molecule is CCOC(=O)C[C@H](c1ccc([N+](=O)[O-])cc1)[C@@H](NC(=O)CNC(=O)c1ccccc1)C(=O)O. The van der Waals surface area contributed by atoms with Gasteiger partial charge in [0.1, 0.15) is 6.04 Å². The summed E-state index contributed by atoms with van der Waals surface area (Å²) in [6.45, 7) is 1.16. The lowest BCUT2D eigenvalue weighted by Crippen LogP contribution is -2.49. The van der Waals surface area contributed by atoms with E-state index in [-0.39, 0.29) is 24.3 Å². The number of amides is 2. The first kappa shape index (κ1) is 25.0. The second-order valence-electron chi connectivity index (χ2n) is 6.90. The van der Waals surface area contributed by atoms with Crippen molar-refractivity contribution >= 4 is 29.4 Å². The maximum atomic E-state index is 12.4. The van der Waals surface area contributed by atoms with Crippen LogP contribution in [0.25, 0.3) is 0 Å². The number of hydrogen-bond donors (Lipinski definition) is 3. The molecule has 3 N–H and O–H groups in total. The van der Waals surface area contributed by atoms with Crippen LogP contribution < -0.4 is 10.6 Å². The number of nitrogens with one attached hydrogen (secondary N) is 2. The Kier molecular flexibility index (Phi) is 9.04. The lowest BCUT2D eigenvalue weighted by Gasteiger charge is -2.25. The standard InChI is InChI=1S/C22H23N3O8/c1-2-33-19(27)12-17(14-8-10-16(11-9-14)25(31)32)20(22(29)30)24-18(26)13-23-21(28)15-6-4-3-5-7-15/h3-11,17,20H,2,12-13H2,1H3,(H,23,28)(H,24,26)(H,29,30)/t17-,20-/m1/s1. The fourth-order valence-electron chi connectivity index (χ4n) is 3.08. The fraction of sp³-hybridized carbons (Fsp3) is 0.273. The van der Waals surface area contributed by atoms with Gasteiger partial charge in [-0.1, -0.05) is 30.3 Å². The van der Waals surface area contributed by atoms with Crippen LogP contribution in [0, 0.1) is 10.1 Å². The van der Waals surface area contributed by atoms with Gasteiger partial charge in [0.2, 0.25) is 5.91 Å². The first-order chi connectivity index (χ1) is 15.7. The minimum atomic E-state index is -1.56. The molecule has 33 heavy (non-hydrogen) atoms. The number of hydrogen-bond acceptors (Lipinski definition) is 7. The van der Waals surface area contributed by atoms with Crippen molar-refractivity contribution in [1.29, 1.82) is 0 Å². The van der Waals surface area contributed by atoms with Gasteiger partial charge in [-0.3, -0.25) is 24.5 Å². The van der Waals surface area contributed by atoms with E-state index in [4.69, 9.17) is 4.74 Å². The molecule has 11 nitrogen and oxygen atoms in total. The van der Waals surface area contributed by atoms with Crippen LogP contribution in [0.15, 0.2) is 54.6 Å². The number of nitro benzene ring substituents is 1. The molecular weight excluding hydrogens is 434 g/mol. The topological polar surface area (TPSA) is 165 Å². The monoisotopic (exact) mass is 457 g/mol. The van der Waals surface area contributed by atoms with Gasteiger partial charge in [0.15, 0.2) is 0 Å². The largest absolute Gasteiger partial charge is 0.480 e. The Balaban J connectivity index is 2.18. The molecule has 0 aliphatic heterocycles. The van der Waals surface area contributed by atoms with Gasteiger partial charge in [0.05, 0.1) is 24.5 Å². The van der Waals surface area contributed by atoms with Gasteiger partial charge in [-0.25, -0.2) is 4.79 Å². The van der Waals surface area contributed by atoms with E-state index in [9.17, 15) is 34.4 Å². The van der Waals surface area contributed by atoms with Gasteiger partial charge in [0, 0.05) is 23.6 Å².